The minimum absolute atomic E-state index is 0.254. The number of hydrogen-bond donors (Lipinski definition) is 4. The van der Waals surface area contributed by atoms with E-state index in [-0.39, 0.29) is 26.3 Å². The fourth-order valence-corrected chi connectivity index (χ4v) is 7.02. The van der Waals surface area contributed by atoms with Crippen LogP contribution in [0.2, 0.25) is 0 Å². The van der Waals surface area contributed by atoms with E-state index in [1.54, 1.807) is 0 Å². The Morgan fingerprint density at radius 3 is 1.44 bits per heavy atom. The van der Waals surface area contributed by atoms with Crippen LogP contribution < -0.4 is 31.4 Å². The Kier molecular flexibility index (Phi) is 3.83. The maximum absolute atomic E-state index is 11.4. The monoisotopic (exact) mass is 382 g/mol. The molecule has 8 nitrogen and oxygen atoms in total. The van der Waals surface area contributed by atoms with E-state index in [0.717, 1.165) is 0 Å². The number of hydrogen-bond acceptors (Lipinski definition) is 4. The summed E-state index contributed by atoms with van der Waals surface area (Å²) in [5, 5.41) is 0. The van der Waals surface area contributed by atoms with Crippen molar-refractivity contribution in [3.63, 3.8) is 0 Å². The molecule has 0 bridgehead atoms. The van der Waals surface area contributed by atoms with Crippen LogP contribution in [0.1, 0.15) is 0 Å². The molecular weight excluding hydrogens is 374 g/mol. The molecule has 10 heteroatoms. The van der Waals surface area contributed by atoms with Gasteiger partial charge in [0, 0.05) is 0 Å². The predicted molar refractivity (Wildman–Crippen MR) is 66.1 cm³/mol. The SMILES string of the molecule is O=c1[nH]cc([Se][Se]c2c[nH]c(=O)[nH]c2=O)c(=O)[nH]1. The Morgan fingerprint density at radius 2 is 1.11 bits per heavy atom. The third kappa shape index (κ3) is 2.99. The van der Waals surface area contributed by atoms with Crippen LogP contribution in [0.25, 0.3) is 0 Å². The second kappa shape index (κ2) is 5.36. The van der Waals surface area contributed by atoms with Crippen LogP contribution in [0.4, 0.5) is 0 Å². The molecule has 0 spiro atoms. The van der Waals surface area contributed by atoms with Crippen LogP contribution in [0, 0.1) is 0 Å². The van der Waals surface area contributed by atoms with Crippen LogP contribution in [0.15, 0.2) is 31.6 Å². The van der Waals surface area contributed by atoms with Crippen LogP contribution in [-0.2, 0) is 0 Å². The van der Waals surface area contributed by atoms with Crippen molar-refractivity contribution in [2.24, 2.45) is 0 Å². The molecule has 94 valence electrons. The van der Waals surface area contributed by atoms with Crippen molar-refractivity contribution >= 4 is 35.2 Å². The van der Waals surface area contributed by atoms with Crippen molar-refractivity contribution in [2.45, 2.75) is 0 Å². The summed E-state index contributed by atoms with van der Waals surface area (Å²) in [7, 11) is 0. The quantitative estimate of drug-likeness (QED) is 0.402. The van der Waals surface area contributed by atoms with Gasteiger partial charge in [-0.25, -0.2) is 0 Å². The van der Waals surface area contributed by atoms with Gasteiger partial charge in [-0.1, -0.05) is 0 Å². The Hall–Kier alpha value is -1.60. The molecule has 0 unspecified atom stereocenters. The predicted octanol–water partition coefficient (Wildman–Crippen LogP) is -4.29. The molecule has 0 aliphatic heterocycles. The molecule has 0 saturated heterocycles. The van der Waals surface area contributed by atoms with Crippen LogP contribution in [0.5, 0.6) is 0 Å². The van der Waals surface area contributed by atoms with Gasteiger partial charge in [0.05, 0.1) is 0 Å². The Labute approximate surface area is 109 Å². The Morgan fingerprint density at radius 1 is 0.722 bits per heavy atom. The van der Waals surface area contributed by atoms with Gasteiger partial charge in [-0.2, -0.15) is 0 Å². The fourth-order valence-electron chi connectivity index (χ4n) is 1.01. The minimum atomic E-state index is -0.561. The summed E-state index contributed by atoms with van der Waals surface area (Å²) in [6.45, 7) is 0. The molecule has 0 aliphatic carbocycles. The second-order valence-electron chi connectivity index (χ2n) is 3.04. The maximum atomic E-state index is 11.4. The molecule has 0 saturated carbocycles. The average molecular weight is 380 g/mol. The van der Waals surface area contributed by atoms with Gasteiger partial charge in [0.25, 0.3) is 0 Å². The van der Waals surface area contributed by atoms with Crippen molar-refractivity contribution in [3.8, 4) is 0 Å². The number of rotatable bonds is 3. The molecule has 4 N–H and O–H groups in total. The van der Waals surface area contributed by atoms with E-state index in [4.69, 9.17) is 0 Å². The topological polar surface area (TPSA) is 131 Å². The summed E-state index contributed by atoms with van der Waals surface area (Å²) < 4.78 is 0.903. The molecule has 2 rings (SSSR count). The van der Waals surface area contributed by atoms with Gasteiger partial charge >= 0.3 is 109 Å². The summed E-state index contributed by atoms with van der Waals surface area (Å²) in [5.41, 5.74) is -2.01. The first-order valence-electron chi connectivity index (χ1n) is 4.55. The first kappa shape index (κ1) is 12.8. The van der Waals surface area contributed by atoms with E-state index < -0.39 is 22.5 Å². The molecule has 2 aromatic heterocycles. The van der Waals surface area contributed by atoms with Gasteiger partial charge in [0.15, 0.2) is 0 Å². The van der Waals surface area contributed by atoms with Gasteiger partial charge in [0.2, 0.25) is 0 Å². The van der Waals surface area contributed by atoms with Crippen LogP contribution >= 0.6 is 0 Å². The molecule has 0 atom stereocenters. The van der Waals surface area contributed by atoms with Gasteiger partial charge < -0.3 is 0 Å². The molecule has 0 fully saturated rings. The van der Waals surface area contributed by atoms with E-state index in [9.17, 15) is 19.2 Å². The van der Waals surface area contributed by atoms with Gasteiger partial charge in [-0.3, -0.25) is 0 Å². The van der Waals surface area contributed by atoms with Crippen LogP contribution in [-0.4, -0.2) is 46.2 Å². The first-order valence-corrected chi connectivity index (χ1v) is 10.6. The average Bonchev–Trinajstić information content (AvgIpc) is 2.30. The molecule has 0 aromatic carbocycles. The number of nitrogens with one attached hydrogen (secondary N) is 4. The van der Waals surface area contributed by atoms with Gasteiger partial charge in [0.1, 0.15) is 0 Å². The Bertz CT molecular complexity index is 719. The van der Waals surface area contributed by atoms with E-state index in [2.05, 4.69) is 19.9 Å². The number of aromatic amines is 4. The number of H-pyrrole nitrogens is 4. The zero-order valence-electron chi connectivity index (χ0n) is 8.60. The molecule has 18 heavy (non-hydrogen) atoms. The van der Waals surface area contributed by atoms with Crippen LogP contribution in [0.3, 0.4) is 0 Å². The zero-order valence-corrected chi connectivity index (χ0v) is 12.0. The van der Waals surface area contributed by atoms with Crippen molar-refractivity contribution < 1.29 is 0 Å². The number of aromatic nitrogens is 4. The molecule has 2 heterocycles. The standard InChI is InChI=1S/C8H6N4O4Se2/c13-5-3(1-9-7(15)11-5)17-18-4-2-10-8(16)12-6(4)14/h1-2H,(H2,9,11,13,15)(H2,10,12,14,16). The van der Waals surface area contributed by atoms with Crippen molar-refractivity contribution in [1.82, 2.24) is 19.9 Å². The molecule has 2 aromatic rings. The Balaban J connectivity index is 2.21. The van der Waals surface area contributed by atoms with E-state index >= 15 is 0 Å². The van der Waals surface area contributed by atoms with Crippen molar-refractivity contribution in [3.05, 3.63) is 54.1 Å². The summed E-state index contributed by atoms with van der Waals surface area (Å²) in [6.07, 6.45) is 2.70. The van der Waals surface area contributed by atoms with Gasteiger partial charge in [-0.15, -0.1) is 0 Å². The van der Waals surface area contributed by atoms with Crippen molar-refractivity contribution in [1.29, 1.82) is 0 Å². The molecule has 0 radical (unpaired) electrons. The third-order valence-electron chi connectivity index (χ3n) is 1.79. The van der Waals surface area contributed by atoms with E-state index in [1.807, 2.05) is 0 Å². The summed E-state index contributed by atoms with van der Waals surface area (Å²) in [5.74, 6) is 0. The summed E-state index contributed by atoms with van der Waals surface area (Å²) in [4.78, 5) is 53.4. The fraction of sp³-hybridized carbons (Fsp3) is 0. The summed E-state index contributed by atoms with van der Waals surface area (Å²) >= 11 is -0.508. The summed E-state index contributed by atoms with van der Waals surface area (Å²) in [6, 6.07) is 0. The molecule has 0 aliphatic rings. The second-order valence-corrected chi connectivity index (χ2v) is 9.22. The van der Waals surface area contributed by atoms with E-state index in [1.165, 1.54) is 12.4 Å². The van der Waals surface area contributed by atoms with E-state index in [0.29, 0.717) is 8.92 Å². The third-order valence-corrected chi connectivity index (χ3v) is 8.82. The normalized spacial score (nSPS) is 10.4. The molecule has 0 amide bonds. The van der Waals surface area contributed by atoms with Crippen molar-refractivity contribution in [2.75, 3.05) is 0 Å². The zero-order chi connectivity index (χ0) is 13.1. The molecular formula is C8H6N4O4Se2. The first-order chi connectivity index (χ1) is 8.56. The van der Waals surface area contributed by atoms with Gasteiger partial charge in [-0.05, 0) is 0 Å².